The molecule has 2 saturated heterocycles. The van der Waals surface area contributed by atoms with Gasteiger partial charge in [0.15, 0.2) is 0 Å². The number of imide groups is 1. The number of carbonyl (C=O) groups excluding carboxylic acids is 3. The second kappa shape index (κ2) is 5.51. The SMILES string of the molecule is CC1(C)CC(OC(=O)ON2C(=O)CCC2=O)CC(C)(C)N1[O]. The Hall–Kier alpha value is -1.67. The van der Waals surface area contributed by atoms with Crippen LogP contribution in [0.15, 0.2) is 0 Å². The Kier molecular flexibility index (Phi) is 4.18. The Morgan fingerprint density at radius 1 is 1.05 bits per heavy atom. The molecule has 0 spiro atoms. The standard InChI is InChI=1S/C14H21N2O6/c1-13(2)7-9(8-14(3,4)16(13)20)21-12(19)22-15-10(17)5-6-11(15)18/h9H,5-8H2,1-4H3. The van der Waals surface area contributed by atoms with E-state index in [1.54, 1.807) is 27.7 Å². The molecular weight excluding hydrogens is 292 g/mol. The molecule has 2 amide bonds. The van der Waals surface area contributed by atoms with E-state index >= 15 is 0 Å². The summed E-state index contributed by atoms with van der Waals surface area (Å²) in [6.07, 6.45) is -0.870. The van der Waals surface area contributed by atoms with Crippen molar-refractivity contribution in [3.8, 4) is 0 Å². The fourth-order valence-electron chi connectivity index (χ4n) is 3.14. The van der Waals surface area contributed by atoms with E-state index in [1.807, 2.05) is 0 Å². The van der Waals surface area contributed by atoms with E-state index in [-0.39, 0.29) is 12.8 Å². The molecule has 0 unspecified atom stereocenters. The number of hydrogen-bond donors (Lipinski definition) is 0. The molecular formula is C14H21N2O6. The van der Waals surface area contributed by atoms with Crippen molar-refractivity contribution in [1.29, 1.82) is 0 Å². The first-order valence-electron chi connectivity index (χ1n) is 7.25. The second-order valence-corrected chi connectivity index (χ2v) is 6.99. The summed E-state index contributed by atoms with van der Waals surface area (Å²) in [6, 6.07) is 0. The van der Waals surface area contributed by atoms with Gasteiger partial charge in [-0.05, 0) is 27.7 Å². The third kappa shape index (κ3) is 3.22. The molecule has 0 aromatic carbocycles. The molecule has 0 aromatic heterocycles. The lowest BCUT2D eigenvalue weighted by atomic mass is 9.80. The maximum atomic E-state index is 12.2. The molecule has 2 rings (SSSR count). The number of rotatable bonds is 2. The molecule has 2 heterocycles. The lowest BCUT2D eigenvalue weighted by Crippen LogP contribution is -2.60. The molecule has 8 nitrogen and oxygen atoms in total. The average molecular weight is 313 g/mol. The molecule has 2 fully saturated rings. The molecule has 8 heteroatoms. The highest BCUT2D eigenvalue weighted by atomic mass is 16.8. The van der Waals surface area contributed by atoms with Crippen molar-refractivity contribution < 1.29 is 29.2 Å². The number of amides is 2. The fourth-order valence-corrected chi connectivity index (χ4v) is 3.14. The minimum Gasteiger partial charge on any atom is -0.429 e. The number of hydrogen-bond acceptors (Lipinski definition) is 6. The Bertz CT molecular complexity index is 468. The number of nitrogens with zero attached hydrogens (tertiary/aromatic N) is 2. The second-order valence-electron chi connectivity index (χ2n) is 6.99. The van der Waals surface area contributed by atoms with Crippen molar-refractivity contribution >= 4 is 18.0 Å². The van der Waals surface area contributed by atoms with E-state index in [0.717, 1.165) is 5.06 Å². The third-order valence-corrected chi connectivity index (χ3v) is 3.99. The van der Waals surface area contributed by atoms with Crippen LogP contribution < -0.4 is 0 Å². The van der Waals surface area contributed by atoms with Crippen LogP contribution in [-0.2, 0) is 24.4 Å². The molecule has 0 saturated carbocycles. The Morgan fingerprint density at radius 3 is 1.95 bits per heavy atom. The van der Waals surface area contributed by atoms with Crippen LogP contribution in [0.3, 0.4) is 0 Å². The summed E-state index contributed by atoms with van der Waals surface area (Å²) in [5, 5.41) is 13.7. The minimum absolute atomic E-state index is 0.0285. The van der Waals surface area contributed by atoms with Gasteiger partial charge in [0.05, 0.1) is 0 Å². The van der Waals surface area contributed by atoms with Crippen molar-refractivity contribution in [2.45, 2.75) is 70.6 Å². The van der Waals surface area contributed by atoms with Gasteiger partial charge in [0.1, 0.15) is 6.10 Å². The highest BCUT2D eigenvalue weighted by molar-refractivity contribution is 6.01. The van der Waals surface area contributed by atoms with Crippen LogP contribution >= 0.6 is 0 Å². The molecule has 123 valence electrons. The largest absolute Gasteiger partial charge is 0.534 e. The van der Waals surface area contributed by atoms with Gasteiger partial charge in [0, 0.05) is 36.8 Å². The van der Waals surface area contributed by atoms with Crippen LogP contribution in [0.2, 0.25) is 0 Å². The molecule has 2 aliphatic heterocycles. The summed E-state index contributed by atoms with van der Waals surface area (Å²) in [6.45, 7) is 7.10. The maximum absolute atomic E-state index is 12.2. The summed E-state index contributed by atoms with van der Waals surface area (Å²) in [4.78, 5) is 39.2. The predicted molar refractivity (Wildman–Crippen MR) is 72.4 cm³/mol. The zero-order chi connectivity index (χ0) is 16.7. The van der Waals surface area contributed by atoms with Crippen molar-refractivity contribution in [3.63, 3.8) is 0 Å². The van der Waals surface area contributed by atoms with E-state index < -0.39 is 35.2 Å². The lowest BCUT2D eigenvalue weighted by Gasteiger charge is -2.49. The molecule has 0 aromatic rings. The predicted octanol–water partition coefficient (Wildman–Crippen LogP) is 1.57. The van der Waals surface area contributed by atoms with Crippen LogP contribution in [0.1, 0.15) is 53.4 Å². The van der Waals surface area contributed by atoms with E-state index in [4.69, 9.17) is 4.74 Å². The number of carbonyl (C=O) groups is 3. The number of piperidine rings is 1. The van der Waals surface area contributed by atoms with Gasteiger partial charge in [0.25, 0.3) is 11.8 Å². The van der Waals surface area contributed by atoms with Crippen molar-refractivity contribution in [2.24, 2.45) is 0 Å². The van der Waals surface area contributed by atoms with Crippen molar-refractivity contribution in [3.05, 3.63) is 0 Å². The fraction of sp³-hybridized carbons (Fsp3) is 0.786. The topological polar surface area (TPSA) is 96.0 Å². The Labute approximate surface area is 128 Å². The Morgan fingerprint density at radius 2 is 1.50 bits per heavy atom. The summed E-state index contributed by atoms with van der Waals surface area (Å²) >= 11 is 0. The monoisotopic (exact) mass is 313 g/mol. The third-order valence-electron chi connectivity index (χ3n) is 3.99. The summed E-state index contributed by atoms with van der Waals surface area (Å²) < 4.78 is 5.20. The van der Waals surface area contributed by atoms with Crippen LogP contribution in [0.4, 0.5) is 4.79 Å². The van der Waals surface area contributed by atoms with Crippen molar-refractivity contribution in [1.82, 2.24) is 10.1 Å². The van der Waals surface area contributed by atoms with Gasteiger partial charge in [-0.1, -0.05) is 5.06 Å². The van der Waals surface area contributed by atoms with Gasteiger partial charge in [-0.3, -0.25) is 14.4 Å². The van der Waals surface area contributed by atoms with Gasteiger partial charge in [-0.25, -0.2) is 4.79 Å². The molecule has 22 heavy (non-hydrogen) atoms. The highest BCUT2D eigenvalue weighted by Crippen LogP contribution is 2.38. The zero-order valence-corrected chi connectivity index (χ0v) is 13.2. The molecule has 0 N–H and O–H groups in total. The summed E-state index contributed by atoms with van der Waals surface area (Å²) in [5.74, 6) is -1.12. The molecule has 0 atom stereocenters. The van der Waals surface area contributed by atoms with E-state index in [1.165, 1.54) is 0 Å². The molecule has 2 aliphatic rings. The summed E-state index contributed by atoms with van der Waals surface area (Å²) in [5.41, 5.74) is -1.38. The lowest BCUT2D eigenvalue weighted by molar-refractivity contribution is -0.299. The van der Waals surface area contributed by atoms with Gasteiger partial charge < -0.3 is 4.74 Å². The van der Waals surface area contributed by atoms with Gasteiger partial charge in [0.2, 0.25) is 0 Å². The summed E-state index contributed by atoms with van der Waals surface area (Å²) in [7, 11) is 0. The zero-order valence-electron chi connectivity index (χ0n) is 13.2. The van der Waals surface area contributed by atoms with E-state index in [0.29, 0.717) is 17.9 Å². The first-order valence-corrected chi connectivity index (χ1v) is 7.25. The molecule has 1 radical (unpaired) electrons. The van der Waals surface area contributed by atoms with Crippen LogP contribution in [0, 0.1) is 0 Å². The van der Waals surface area contributed by atoms with E-state index in [2.05, 4.69) is 4.84 Å². The smallest absolute Gasteiger partial charge is 0.429 e. The number of hydroxylamine groups is 4. The Balaban J connectivity index is 1.97. The maximum Gasteiger partial charge on any atom is 0.534 e. The molecule has 0 aliphatic carbocycles. The quantitative estimate of drug-likeness (QED) is 0.567. The van der Waals surface area contributed by atoms with Crippen LogP contribution in [0.5, 0.6) is 0 Å². The van der Waals surface area contributed by atoms with E-state index in [9.17, 15) is 19.6 Å². The highest BCUT2D eigenvalue weighted by Gasteiger charge is 2.48. The van der Waals surface area contributed by atoms with Crippen LogP contribution in [-0.4, -0.2) is 45.3 Å². The first-order chi connectivity index (χ1) is 10.0. The average Bonchev–Trinajstić information content (AvgIpc) is 2.67. The van der Waals surface area contributed by atoms with Gasteiger partial charge in [-0.2, -0.15) is 0 Å². The normalized spacial score (nSPS) is 25.4. The van der Waals surface area contributed by atoms with Gasteiger partial charge >= 0.3 is 6.16 Å². The molecule has 0 bridgehead atoms. The first kappa shape index (κ1) is 16.7. The minimum atomic E-state index is -1.10. The van der Waals surface area contributed by atoms with Crippen molar-refractivity contribution in [2.75, 3.05) is 0 Å². The van der Waals surface area contributed by atoms with Crippen LogP contribution in [0.25, 0.3) is 0 Å². The number of ether oxygens (including phenoxy) is 1. The van der Waals surface area contributed by atoms with Gasteiger partial charge in [-0.15, -0.1) is 10.3 Å².